The van der Waals surface area contributed by atoms with Crippen LogP contribution in [-0.2, 0) is 16.0 Å². The Kier molecular flexibility index (Phi) is 8.14. The van der Waals surface area contributed by atoms with E-state index < -0.39 is 0 Å². The summed E-state index contributed by atoms with van der Waals surface area (Å²) in [4.78, 5) is 28.2. The van der Waals surface area contributed by atoms with E-state index >= 15 is 0 Å². The van der Waals surface area contributed by atoms with Crippen LogP contribution in [0.3, 0.4) is 0 Å². The number of ether oxygens (including phenoxy) is 3. The number of nitrogens with zero attached hydrogens (tertiary/aromatic N) is 1. The van der Waals surface area contributed by atoms with Crippen LogP contribution in [-0.4, -0.2) is 62.7 Å². The van der Waals surface area contributed by atoms with Crippen LogP contribution >= 0.6 is 0 Å². The predicted octanol–water partition coefficient (Wildman–Crippen LogP) is 3.79. The number of hydrogen-bond acceptors (Lipinski definition) is 6. The molecule has 0 saturated carbocycles. The Labute approximate surface area is 218 Å². The number of amides is 2. The summed E-state index contributed by atoms with van der Waals surface area (Å²) < 4.78 is 17.1. The number of benzene rings is 2. The largest absolute Gasteiger partial charge is 0.491 e. The molecule has 3 heterocycles. The third-order valence-corrected chi connectivity index (χ3v) is 7.71. The number of aryl methyl sites for hydroxylation is 1. The molecule has 8 heteroatoms. The number of fused-ring (bicyclic) bond motifs is 2. The monoisotopic (exact) mass is 507 g/mol. The molecule has 2 amide bonds. The van der Waals surface area contributed by atoms with Gasteiger partial charge in [0.25, 0.3) is 0 Å². The molecule has 3 aliphatic heterocycles. The maximum absolute atomic E-state index is 13.3. The second-order valence-corrected chi connectivity index (χ2v) is 10.2. The summed E-state index contributed by atoms with van der Waals surface area (Å²) in [6.07, 6.45) is 6.61. The molecule has 2 aromatic carbocycles. The number of likely N-dealkylation sites (tertiary alicyclic amines) is 1. The van der Waals surface area contributed by atoms with Crippen molar-refractivity contribution in [2.24, 2.45) is 5.41 Å². The first-order valence-corrected chi connectivity index (χ1v) is 13.5. The van der Waals surface area contributed by atoms with Crippen LogP contribution in [0.4, 0.5) is 5.69 Å². The highest BCUT2D eigenvalue weighted by atomic mass is 16.6. The van der Waals surface area contributed by atoms with E-state index in [0.29, 0.717) is 50.1 Å². The number of carbonyl (C=O) groups is 2. The number of rotatable bonds is 3. The molecule has 198 valence electrons. The molecular formula is C29H37N3O5. The van der Waals surface area contributed by atoms with E-state index in [9.17, 15) is 9.59 Å². The van der Waals surface area contributed by atoms with Crippen LogP contribution < -0.4 is 24.8 Å². The van der Waals surface area contributed by atoms with Crippen molar-refractivity contribution < 1.29 is 23.8 Å². The normalized spacial score (nSPS) is 20.3. The first-order valence-electron chi connectivity index (χ1n) is 13.5. The maximum Gasteiger partial charge on any atom is 0.238 e. The Balaban J connectivity index is 1.14. The Bertz CT molecular complexity index is 1100. The molecule has 2 aromatic rings. The van der Waals surface area contributed by atoms with Crippen molar-refractivity contribution in [2.45, 2.75) is 44.9 Å². The van der Waals surface area contributed by atoms with Gasteiger partial charge in [0.2, 0.25) is 11.8 Å². The molecule has 1 fully saturated rings. The zero-order valence-electron chi connectivity index (χ0n) is 21.4. The van der Waals surface area contributed by atoms with E-state index in [0.717, 1.165) is 63.8 Å². The molecule has 0 unspecified atom stereocenters. The maximum atomic E-state index is 13.3. The summed E-state index contributed by atoms with van der Waals surface area (Å²) in [5, 5.41) is 6.11. The molecular weight excluding hydrogens is 470 g/mol. The number of nitrogens with one attached hydrogen (secondary N) is 2. The first kappa shape index (κ1) is 25.4. The predicted molar refractivity (Wildman–Crippen MR) is 141 cm³/mol. The first-order chi connectivity index (χ1) is 18.1. The molecule has 5 rings (SSSR count). The second-order valence-electron chi connectivity index (χ2n) is 10.2. The quantitative estimate of drug-likeness (QED) is 0.657. The highest BCUT2D eigenvalue weighted by Gasteiger charge is 2.40. The van der Waals surface area contributed by atoms with Crippen LogP contribution in [0.1, 0.15) is 44.1 Å². The third-order valence-electron chi connectivity index (χ3n) is 7.71. The van der Waals surface area contributed by atoms with E-state index in [1.54, 1.807) is 6.07 Å². The molecule has 1 spiro atoms. The number of para-hydroxylation sites is 1. The molecule has 0 bridgehead atoms. The zero-order chi connectivity index (χ0) is 25.5. The van der Waals surface area contributed by atoms with Crippen molar-refractivity contribution in [3.63, 3.8) is 0 Å². The molecule has 8 nitrogen and oxygen atoms in total. The summed E-state index contributed by atoms with van der Waals surface area (Å²) in [7, 11) is 0. The fourth-order valence-electron chi connectivity index (χ4n) is 5.57. The van der Waals surface area contributed by atoms with Crippen LogP contribution in [0.15, 0.2) is 42.5 Å². The van der Waals surface area contributed by atoms with Crippen molar-refractivity contribution in [3.05, 3.63) is 48.0 Å². The number of carbonyl (C=O) groups excluding carboxylic acids is 2. The summed E-state index contributed by atoms with van der Waals surface area (Å²) >= 11 is 0. The van der Waals surface area contributed by atoms with Crippen LogP contribution in [0.5, 0.6) is 17.2 Å². The van der Waals surface area contributed by atoms with Gasteiger partial charge in [-0.25, -0.2) is 0 Å². The highest BCUT2D eigenvalue weighted by Crippen LogP contribution is 2.38. The molecule has 3 aliphatic rings. The standard InChI is InChI=1S/C29H37N3O5/c33-27(31-23-9-10-25-26(20-23)37-19-18-36-25)21-32-15-12-29(13-16-32)11-5-1-2-6-22-7-3-4-8-24(22)35-17-14-30-28(29)34/h3-4,7-10,20H,1-2,5-6,11-19,21H2,(H,30,34)(H,31,33). The van der Waals surface area contributed by atoms with Crippen molar-refractivity contribution in [3.8, 4) is 17.2 Å². The lowest BCUT2D eigenvalue weighted by Gasteiger charge is -2.40. The van der Waals surface area contributed by atoms with E-state index in [1.165, 1.54) is 5.56 Å². The number of anilines is 1. The number of hydrogen-bond donors (Lipinski definition) is 2. The van der Waals surface area contributed by atoms with Crippen LogP contribution in [0.2, 0.25) is 0 Å². The van der Waals surface area contributed by atoms with Gasteiger partial charge < -0.3 is 24.8 Å². The lowest BCUT2D eigenvalue weighted by atomic mass is 9.73. The van der Waals surface area contributed by atoms with Gasteiger partial charge in [-0.2, -0.15) is 0 Å². The van der Waals surface area contributed by atoms with Crippen molar-refractivity contribution in [1.82, 2.24) is 10.2 Å². The van der Waals surface area contributed by atoms with Crippen molar-refractivity contribution >= 4 is 17.5 Å². The van der Waals surface area contributed by atoms with Gasteiger partial charge in [-0.1, -0.05) is 31.0 Å². The minimum atomic E-state index is -0.371. The van der Waals surface area contributed by atoms with Crippen molar-refractivity contribution in [1.29, 1.82) is 0 Å². The summed E-state index contributed by atoms with van der Waals surface area (Å²) in [5.41, 5.74) is 1.57. The van der Waals surface area contributed by atoms with E-state index in [2.05, 4.69) is 27.7 Å². The Hall–Kier alpha value is -3.26. The molecule has 0 radical (unpaired) electrons. The van der Waals surface area contributed by atoms with Gasteiger partial charge >= 0.3 is 0 Å². The SMILES string of the molecule is O=C(CN1CCC2(CCCCCc3ccccc3OCCNC2=O)CC1)Nc1ccc2c(c1)OCCO2. The van der Waals surface area contributed by atoms with Crippen molar-refractivity contribution in [2.75, 3.05) is 51.3 Å². The van der Waals surface area contributed by atoms with Gasteiger partial charge in [0.05, 0.1) is 18.5 Å². The molecule has 0 atom stereocenters. The molecule has 2 N–H and O–H groups in total. The molecule has 0 aliphatic carbocycles. The zero-order valence-corrected chi connectivity index (χ0v) is 21.4. The lowest BCUT2D eigenvalue weighted by molar-refractivity contribution is -0.135. The third kappa shape index (κ3) is 6.36. The molecule has 0 aromatic heterocycles. The van der Waals surface area contributed by atoms with Gasteiger partial charge in [-0.3, -0.25) is 14.5 Å². The average Bonchev–Trinajstić information content (AvgIpc) is 2.93. The molecule has 37 heavy (non-hydrogen) atoms. The Morgan fingerprint density at radius 2 is 1.68 bits per heavy atom. The van der Waals surface area contributed by atoms with Gasteiger partial charge in [0.15, 0.2) is 11.5 Å². The lowest BCUT2D eigenvalue weighted by Crippen LogP contribution is -2.50. The van der Waals surface area contributed by atoms with Gasteiger partial charge in [-0.05, 0) is 69.0 Å². The summed E-state index contributed by atoms with van der Waals surface area (Å²) in [6.45, 7) is 3.76. The number of piperidine rings is 1. The summed E-state index contributed by atoms with van der Waals surface area (Å²) in [6, 6.07) is 13.7. The van der Waals surface area contributed by atoms with E-state index in [4.69, 9.17) is 14.2 Å². The highest BCUT2D eigenvalue weighted by molar-refractivity contribution is 5.92. The Morgan fingerprint density at radius 3 is 2.54 bits per heavy atom. The minimum Gasteiger partial charge on any atom is -0.491 e. The average molecular weight is 508 g/mol. The fraction of sp³-hybridized carbons (Fsp3) is 0.517. The minimum absolute atomic E-state index is 0.0660. The smallest absolute Gasteiger partial charge is 0.238 e. The van der Waals surface area contributed by atoms with Gasteiger partial charge in [0.1, 0.15) is 25.6 Å². The second kappa shape index (κ2) is 11.9. The van der Waals surface area contributed by atoms with Crippen LogP contribution in [0.25, 0.3) is 0 Å². The van der Waals surface area contributed by atoms with Gasteiger partial charge in [0, 0.05) is 11.8 Å². The fourth-order valence-corrected chi connectivity index (χ4v) is 5.57. The van der Waals surface area contributed by atoms with Gasteiger partial charge in [-0.15, -0.1) is 0 Å². The topological polar surface area (TPSA) is 89.1 Å². The molecule has 1 saturated heterocycles. The van der Waals surface area contributed by atoms with E-state index in [1.807, 2.05) is 24.3 Å². The van der Waals surface area contributed by atoms with E-state index in [-0.39, 0.29) is 17.2 Å². The van der Waals surface area contributed by atoms with Crippen LogP contribution in [0, 0.1) is 5.41 Å². The Morgan fingerprint density at radius 1 is 0.892 bits per heavy atom. The summed E-state index contributed by atoms with van der Waals surface area (Å²) in [5.74, 6) is 2.34.